The van der Waals surface area contributed by atoms with Gasteiger partial charge in [0.1, 0.15) is 11.4 Å². The second-order valence-corrected chi connectivity index (χ2v) is 6.37. The minimum absolute atomic E-state index is 0.141. The summed E-state index contributed by atoms with van der Waals surface area (Å²) in [5, 5.41) is 0. The van der Waals surface area contributed by atoms with Crippen LogP contribution in [-0.2, 0) is 6.54 Å². The van der Waals surface area contributed by atoms with Crippen molar-refractivity contribution in [2.45, 2.75) is 6.54 Å². The van der Waals surface area contributed by atoms with E-state index in [4.69, 9.17) is 4.74 Å². The molecule has 0 spiro atoms. The van der Waals surface area contributed by atoms with Gasteiger partial charge in [-0.15, -0.1) is 0 Å². The van der Waals surface area contributed by atoms with Crippen molar-refractivity contribution in [3.63, 3.8) is 0 Å². The fourth-order valence-electron chi connectivity index (χ4n) is 2.75. The molecule has 0 atom stereocenters. The number of methoxy groups -OCH3 is 1. The molecule has 27 heavy (non-hydrogen) atoms. The largest absolute Gasteiger partial charge is 0.497 e. The molecule has 0 bridgehead atoms. The molecule has 0 fully saturated rings. The highest BCUT2D eigenvalue weighted by Gasteiger charge is 2.19. The Morgan fingerprint density at radius 3 is 2.15 bits per heavy atom. The number of rotatable bonds is 6. The maximum Gasteiger partial charge on any atom is 0.277 e. The second-order valence-electron chi connectivity index (χ2n) is 6.37. The van der Waals surface area contributed by atoms with Gasteiger partial charge in [-0.2, -0.15) is 0 Å². The normalized spacial score (nSPS) is 10.3. The molecular weight excluding hydrogens is 338 g/mol. The van der Waals surface area contributed by atoms with Crippen LogP contribution in [0, 0.1) is 0 Å². The Morgan fingerprint density at radius 2 is 1.59 bits per heavy atom. The van der Waals surface area contributed by atoms with E-state index in [1.54, 1.807) is 30.3 Å². The van der Waals surface area contributed by atoms with Gasteiger partial charge in [-0.3, -0.25) is 9.78 Å². The molecule has 0 aliphatic heterocycles. The predicted molar refractivity (Wildman–Crippen MR) is 109 cm³/mol. The zero-order valence-electron chi connectivity index (χ0n) is 15.8. The quantitative estimate of drug-likeness (QED) is 0.666. The predicted octanol–water partition coefficient (Wildman–Crippen LogP) is 4.00. The Labute approximate surface area is 159 Å². The molecule has 0 N–H and O–H groups in total. The van der Waals surface area contributed by atoms with Crippen LogP contribution < -0.4 is 14.5 Å². The molecule has 1 aromatic heterocycles. The first-order valence-corrected chi connectivity index (χ1v) is 8.71. The van der Waals surface area contributed by atoms with Crippen molar-refractivity contribution in [2.24, 2.45) is 0 Å². The van der Waals surface area contributed by atoms with Crippen molar-refractivity contribution in [1.29, 1.82) is 0 Å². The summed E-state index contributed by atoms with van der Waals surface area (Å²) >= 11 is 0. The van der Waals surface area contributed by atoms with E-state index in [0.717, 1.165) is 22.7 Å². The number of hydrogen-bond donors (Lipinski definition) is 0. The van der Waals surface area contributed by atoms with E-state index < -0.39 is 0 Å². The van der Waals surface area contributed by atoms with E-state index in [1.165, 1.54) is 0 Å². The van der Waals surface area contributed by atoms with E-state index in [9.17, 15) is 4.79 Å². The number of pyridine rings is 1. The first-order valence-electron chi connectivity index (χ1n) is 8.71. The highest BCUT2D eigenvalue weighted by atomic mass is 16.5. The molecule has 0 radical (unpaired) electrons. The number of benzene rings is 2. The lowest BCUT2D eigenvalue weighted by molar-refractivity contribution is 0.0980. The monoisotopic (exact) mass is 361 g/mol. The smallest absolute Gasteiger partial charge is 0.277 e. The van der Waals surface area contributed by atoms with Gasteiger partial charge in [-0.05, 0) is 54.1 Å². The van der Waals surface area contributed by atoms with E-state index in [-0.39, 0.29) is 5.91 Å². The Kier molecular flexibility index (Phi) is 5.71. The molecule has 0 saturated heterocycles. The third-order valence-corrected chi connectivity index (χ3v) is 4.31. The molecule has 138 valence electrons. The molecule has 5 heteroatoms. The van der Waals surface area contributed by atoms with Gasteiger partial charge in [0.15, 0.2) is 0 Å². The topological polar surface area (TPSA) is 45.7 Å². The highest BCUT2D eigenvalue weighted by molar-refractivity contribution is 6.04. The van der Waals surface area contributed by atoms with E-state index in [2.05, 4.69) is 4.98 Å². The zero-order chi connectivity index (χ0) is 19.2. The Morgan fingerprint density at radius 1 is 0.926 bits per heavy atom. The van der Waals surface area contributed by atoms with E-state index in [1.807, 2.05) is 73.6 Å². The highest BCUT2D eigenvalue weighted by Crippen LogP contribution is 2.23. The number of nitrogens with zero attached hydrogens (tertiary/aromatic N) is 3. The van der Waals surface area contributed by atoms with Crippen LogP contribution in [0.3, 0.4) is 0 Å². The Hall–Kier alpha value is -3.34. The first-order chi connectivity index (χ1) is 13.1. The zero-order valence-corrected chi connectivity index (χ0v) is 15.8. The molecule has 0 aliphatic rings. The van der Waals surface area contributed by atoms with Crippen LogP contribution >= 0.6 is 0 Å². The SMILES string of the molecule is COc1ccc(N(Cc2ccc(N(C)C)cc2)C(=O)c2ccccn2)cc1. The molecule has 3 aromatic rings. The van der Waals surface area contributed by atoms with Gasteiger partial charge in [-0.25, -0.2) is 0 Å². The van der Waals surface area contributed by atoms with Crippen molar-refractivity contribution >= 4 is 17.3 Å². The van der Waals surface area contributed by atoms with Crippen molar-refractivity contribution < 1.29 is 9.53 Å². The van der Waals surface area contributed by atoms with Crippen LogP contribution in [-0.4, -0.2) is 32.1 Å². The number of carbonyl (C=O) groups excluding carboxylic acids is 1. The van der Waals surface area contributed by atoms with Gasteiger partial charge in [0.25, 0.3) is 5.91 Å². The number of carbonyl (C=O) groups is 1. The molecule has 5 nitrogen and oxygen atoms in total. The molecule has 3 rings (SSSR count). The third-order valence-electron chi connectivity index (χ3n) is 4.31. The standard InChI is InChI=1S/C22H23N3O2/c1-24(2)18-9-7-17(8-10-18)16-25(19-11-13-20(27-3)14-12-19)22(26)21-6-4-5-15-23-21/h4-15H,16H2,1-3H3. The summed E-state index contributed by atoms with van der Waals surface area (Å²) in [7, 11) is 5.63. The summed E-state index contributed by atoms with van der Waals surface area (Å²) < 4.78 is 5.23. The van der Waals surface area contributed by atoms with Crippen LogP contribution in [0.2, 0.25) is 0 Å². The fraction of sp³-hybridized carbons (Fsp3) is 0.182. The summed E-state index contributed by atoms with van der Waals surface area (Å²) in [5.74, 6) is 0.608. The molecule has 0 saturated carbocycles. The molecule has 1 heterocycles. The number of ether oxygens (including phenoxy) is 1. The molecule has 1 amide bonds. The van der Waals surface area contributed by atoms with Gasteiger partial charge >= 0.3 is 0 Å². The van der Waals surface area contributed by atoms with Crippen molar-refractivity contribution in [3.05, 3.63) is 84.2 Å². The lowest BCUT2D eigenvalue weighted by atomic mass is 10.1. The van der Waals surface area contributed by atoms with E-state index >= 15 is 0 Å². The number of anilines is 2. The average molecular weight is 361 g/mol. The first kappa shape index (κ1) is 18.5. The van der Waals surface area contributed by atoms with Crippen molar-refractivity contribution in [3.8, 4) is 5.75 Å². The molecular formula is C22H23N3O2. The van der Waals surface area contributed by atoms with E-state index in [0.29, 0.717) is 12.2 Å². The molecule has 0 aliphatic carbocycles. The third kappa shape index (κ3) is 4.44. The van der Waals surface area contributed by atoms with Gasteiger partial charge < -0.3 is 14.5 Å². The minimum Gasteiger partial charge on any atom is -0.497 e. The van der Waals surface area contributed by atoms with Crippen LogP contribution in [0.4, 0.5) is 11.4 Å². The molecule has 2 aromatic carbocycles. The summed E-state index contributed by atoms with van der Waals surface area (Å²) in [6.07, 6.45) is 1.63. The number of amides is 1. The van der Waals surface area contributed by atoms with Crippen LogP contribution in [0.25, 0.3) is 0 Å². The summed E-state index contributed by atoms with van der Waals surface area (Å²) in [4.78, 5) is 21.1. The lowest BCUT2D eigenvalue weighted by Crippen LogP contribution is -2.31. The Bertz CT molecular complexity index is 876. The van der Waals surface area contributed by atoms with Gasteiger partial charge in [-0.1, -0.05) is 18.2 Å². The number of aromatic nitrogens is 1. The average Bonchev–Trinajstić information content (AvgIpc) is 2.72. The van der Waals surface area contributed by atoms with Crippen molar-refractivity contribution in [1.82, 2.24) is 4.98 Å². The maximum absolute atomic E-state index is 13.1. The van der Waals surface area contributed by atoms with Gasteiger partial charge in [0, 0.05) is 31.7 Å². The van der Waals surface area contributed by atoms with Crippen LogP contribution in [0.5, 0.6) is 5.75 Å². The van der Waals surface area contributed by atoms with Crippen LogP contribution in [0.15, 0.2) is 72.9 Å². The summed E-state index contributed by atoms with van der Waals surface area (Å²) in [6.45, 7) is 0.454. The van der Waals surface area contributed by atoms with Crippen LogP contribution in [0.1, 0.15) is 16.1 Å². The fourth-order valence-corrected chi connectivity index (χ4v) is 2.75. The second kappa shape index (κ2) is 8.36. The van der Waals surface area contributed by atoms with Crippen molar-refractivity contribution in [2.75, 3.05) is 31.0 Å². The summed E-state index contributed by atoms with van der Waals surface area (Å²) in [5.41, 5.74) is 3.37. The molecule has 0 unspecified atom stereocenters. The maximum atomic E-state index is 13.1. The van der Waals surface area contributed by atoms with Gasteiger partial charge in [0.05, 0.1) is 13.7 Å². The Balaban J connectivity index is 1.92. The lowest BCUT2D eigenvalue weighted by Gasteiger charge is -2.23. The number of hydrogen-bond acceptors (Lipinski definition) is 4. The van der Waals surface area contributed by atoms with Gasteiger partial charge in [0.2, 0.25) is 0 Å². The summed E-state index contributed by atoms with van der Waals surface area (Å²) in [6, 6.07) is 21.0. The minimum atomic E-state index is -0.141.